The molecule has 2 aliphatic heterocycles. The molecule has 0 unspecified atom stereocenters. The minimum Gasteiger partial charge on any atom is -0.492 e. The number of carbonyl (C=O) groups excluding carboxylic acids is 3. The Labute approximate surface area is 224 Å². The summed E-state index contributed by atoms with van der Waals surface area (Å²) in [7, 11) is 3.59. The number of benzene rings is 1. The predicted molar refractivity (Wildman–Crippen MR) is 146 cm³/mol. The predicted octanol–water partition coefficient (Wildman–Crippen LogP) is 3.34. The molecular formula is C26H29N7O4S. The first-order chi connectivity index (χ1) is 18.3. The molecule has 38 heavy (non-hydrogen) atoms. The fraction of sp³-hybridized carbons (Fsp3) is 0.346. The molecule has 0 atom stereocenters. The van der Waals surface area contributed by atoms with Crippen LogP contribution in [0.15, 0.2) is 36.0 Å². The van der Waals surface area contributed by atoms with Crippen molar-refractivity contribution in [2.75, 3.05) is 62.0 Å². The highest BCUT2D eigenvalue weighted by atomic mass is 32.1. The van der Waals surface area contributed by atoms with Crippen molar-refractivity contribution >= 4 is 57.8 Å². The Hall–Kier alpha value is -4.19. The number of pyridine rings is 1. The second-order valence-electron chi connectivity index (χ2n) is 9.05. The molecule has 11 nitrogen and oxygen atoms in total. The monoisotopic (exact) mass is 535 g/mol. The Bertz CT molecular complexity index is 1400. The van der Waals surface area contributed by atoms with Gasteiger partial charge in [-0.1, -0.05) is 0 Å². The van der Waals surface area contributed by atoms with Gasteiger partial charge in [0.05, 0.1) is 35.4 Å². The van der Waals surface area contributed by atoms with E-state index in [0.717, 1.165) is 5.69 Å². The van der Waals surface area contributed by atoms with Gasteiger partial charge in [0.15, 0.2) is 5.82 Å². The molecule has 3 aromatic rings. The van der Waals surface area contributed by atoms with Gasteiger partial charge in [0.25, 0.3) is 11.8 Å². The van der Waals surface area contributed by atoms with Crippen LogP contribution in [-0.4, -0.2) is 84.4 Å². The van der Waals surface area contributed by atoms with Crippen LogP contribution in [-0.2, 0) is 4.79 Å². The number of hydrogen-bond acceptors (Lipinski definition) is 9. The number of carbonyl (C=O) groups is 3. The van der Waals surface area contributed by atoms with Gasteiger partial charge in [0.2, 0.25) is 5.91 Å². The third kappa shape index (κ3) is 4.62. The Morgan fingerprint density at radius 3 is 2.47 bits per heavy atom. The van der Waals surface area contributed by atoms with E-state index in [-0.39, 0.29) is 17.7 Å². The lowest BCUT2D eigenvalue weighted by atomic mass is 10.1. The van der Waals surface area contributed by atoms with E-state index in [4.69, 9.17) is 4.74 Å². The molecule has 2 aromatic heterocycles. The summed E-state index contributed by atoms with van der Waals surface area (Å²) in [6.07, 6.45) is 1.65. The quantitative estimate of drug-likeness (QED) is 0.530. The second-order valence-corrected chi connectivity index (χ2v) is 9.91. The number of thiazole rings is 1. The van der Waals surface area contributed by atoms with Gasteiger partial charge in [-0.3, -0.25) is 14.4 Å². The van der Waals surface area contributed by atoms with E-state index in [1.807, 2.05) is 24.9 Å². The summed E-state index contributed by atoms with van der Waals surface area (Å²) in [5.41, 5.74) is 4.29. The Morgan fingerprint density at radius 2 is 1.76 bits per heavy atom. The summed E-state index contributed by atoms with van der Waals surface area (Å²) in [6.45, 7) is 5.89. The van der Waals surface area contributed by atoms with Gasteiger partial charge in [-0.25, -0.2) is 9.97 Å². The third-order valence-electron chi connectivity index (χ3n) is 6.75. The van der Waals surface area contributed by atoms with Crippen LogP contribution in [0.3, 0.4) is 0 Å². The minimum atomic E-state index is -0.128. The fourth-order valence-electron chi connectivity index (χ4n) is 4.61. The highest BCUT2D eigenvalue weighted by Gasteiger charge is 2.30. The van der Waals surface area contributed by atoms with Crippen molar-refractivity contribution in [3.63, 3.8) is 0 Å². The van der Waals surface area contributed by atoms with Gasteiger partial charge >= 0.3 is 0 Å². The number of piperazine rings is 1. The summed E-state index contributed by atoms with van der Waals surface area (Å²) in [6, 6.07) is 7.15. The van der Waals surface area contributed by atoms with Crippen molar-refractivity contribution < 1.29 is 19.1 Å². The molecule has 0 spiro atoms. The van der Waals surface area contributed by atoms with Gasteiger partial charge in [0.1, 0.15) is 16.4 Å². The Balaban J connectivity index is 1.40. The van der Waals surface area contributed by atoms with E-state index in [0.29, 0.717) is 72.0 Å². The Kier molecular flexibility index (Phi) is 6.89. The molecule has 1 N–H and O–H groups in total. The maximum absolute atomic E-state index is 13.2. The fourth-order valence-corrected chi connectivity index (χ4v) is 5.40. The number of anilines is 5. The van der Waals surface area contributed by atoms with Crippen molar-refractivity contribution in [3.05, 3.63) is 46.4 Å². The topological polar surface area (TPSA) is 111 Å². The molecule has 3 amide bonds. The molecule has 5 rings (SSSR count). The summed E-state index contributed by atoms with van der Waals surface area (Å²) < 4.78 is 5.87. The molecule has 1 saturated heterocycles. The van der Waals surface area contributed by atoms with Crippen molar-refractivity contribution in [2.45, 2.75) is 13.8 Å². The zero-order valence-electron chi connectivity index (χ0n) is 21.7. The summed E-state index contributed by atoms with van der Waals surface area (Å²) in [5.74, 6) is 1.48. The van der Waals surface area contributed by atoms with Gasteiger partial charge in [-0.15, -0.1) is 11.3 Å². The van der Waals surface area contributed by atoms with Crippen LogP contribution in [0, 0.1) is 0 Å². The first-order valence-electron chi connectivity index (χ1n) is 12.3. The number of hydrogen-bond donors (Lipinski definition) is 1. The standard InChI is InChI=1S/C26H29N7O4S/c1-5-37-21-12-17(25(35)33-10-8-32(9-11-33)16(2)34)6-7-18(21)29-22-13-19-20(14-27-22)31(4)26(36)23-24(30(19)3)28-15-38-23/h6-7,12-15H,5,8-11H2,1-4H3,(H,27,29). The number of ether oxygens (including phenoxy) is 1. The lowest BCUT2D eigenvalue weighted by Gasteiger charge is -2.34. The highest BCUT2D eigenvalue weighted by molar-refractivity contribution is 7.12. The summed E-state index contributed by atoms with van der Waals surface area (Å²) in [5, 5.41) is 3.30. The summed E-state index contributed by atoms with van der Waals surface area (Å²) in [4.78, 5) is 54.1. The van der Waals surface area contributed by atoms with Crippen LogP contribution in [0.2, 0.25) is 0 Å². The average Bonchev–Trinajstić information content (AvgIpc) is 3.40. The van der Waals surface area contributed by atoms with Crippen LogP contribution < -0.4 is 19.9 Å². The van der Waals surface area contributed by atoms with Crippen LogP contribution in [0.5, 0.6) is 5.75 Å². The molecule has 0 bridgehead atoms. The zero-order chi connectivity index (χ0) is 27.0. The Morgan fingerprint density at radius 1 is 1.03 bits per heavy atom. The summed E-state index contributed by atoms with van der Waals surface area (Å²) >= 11 is 1.31. The molecule has 4 heterocycles. The number of fused-ring (bicyclic) bond motifs is 2. The van der Waals surface area contributed by atoms with Crippen LogP contribution >= 0.6 is 11.3 Å². The number of rotatable bonds is 5. The number of amides is 3. The van der Waals surface area contributed by atoms with Gasteiger partial charge in [-0.2, -0.15) is 0 Å². The van der Waals surface area contributed by atoms with E-state index in [9.17, 15) is 14.4 Å². The molecule has 12 heteroatoms. The van der Waals surface area contributed by atoms with E-state index >= 15 is 0 Å². The molecule has 1 fully saturated rings. The van der Waals surface area contributed by atoms with Crippen LogP contribution in [0.4, 0.5) is 28.7 Å². The number of nitrogens with zero attached hydrogens (tertiary/aromatic N) is 6. The average molecular weight is 536 g/mol. The van der Waals surface area contributed by atoms with Crippen molar-refractivity contribution in [3.8, 4) is 5.75 Å². The molecular weight excluding hydrogens is 506 g/mol. The molecule has 0 radical (unpaired) electrons. The lowest BCUT2D eigenvalue weighted by Crippen LogP contribution is -2.50. The number of aromatic nitrogens is 2. The minimum absolute atomic E-state index is 0.0223. The molecule has 198 valence electrons. The van der Waals surface area contributed by atoms with Crippen LogP contribution in [0.1, 0.15) is 33.9 Å². The maximum atomic E-state index is 13.2. The van der Waals surface area contributed by atoms with Gasteiger partial charge < -0.3 is 29.7 Å². The smallest absolute Gasteiger partial charge is 0.272 e. The van der Waals surface area contributed by atoms with E-state index in [1.54, 1.807) is 58.6 Å². The molecule has 0 saturated carbocycles. The second kappa shape index (κ2) is 10.3. The van der Waals surface area contributed by atoms with Gasteiger partial charge in [-0.05, 0) is 25.1 Å². The largest absolute Gasteiger partial charge is 0.492 e. The molecule has 2 aliphatic rings. The molecule has 1 aromatic carbocycles. The molecule has 0 aliphatic carbocycles. The van der Waals surface area contributed by atoms with E-state index < -0.39 is 0 Å². The first-order valence-corrected chi connectivity index (χ1v) is 13.2. The van der Waals surface area contributed by atoms with Crippen molar-refractivity contribution in [1.82, 2.24) is 19.8 Å². The lowest BCUT2D eigenvalue weighted by molar-refractivity contribution is -0.130. The maximum Gasteiger partial charge on any atom is 0.272 e. The third-order valence-corrected chi connectivity index (χ3v) is 7.56. The normalized spacial score (nSPS) is 15.1. The van der Waals surface area contributed by atoms with Crippen LogP contribution in [0.25, 0.3) is 0 Å². The highest BCUT2D eigenvalue weighted by Crippen LogP contribution is 2.41. The van der Waals surface area contributed by atoms with E-state index in [1.165, 1.54) is 11.3 Å². The van der Waals surface area contributed by atoms with Crippen molar-refractivity contribution in [2.24, 2.45) is 0 Å². The van der Waals surface area contributed by atoms with E-state index in [2.05, 4.69) is 15.3 Å². The number of nitrogens with one attached hydrogen (secondary N) is 1. The zero-order valence-corrected chi connectivity index (χ0v) is 22.5. The van der Waals surface area contributed by atoms with Crippen molar-refractivity contribution in [1.29, 1.82) is 0 Å². The van der Waals surface area contributed by atoms with Gasteiger partial charge in [0, 0.05) is 58.8 Å². The SMILES string of the molecule is CCOc1cc(C(=O)N2CCN(C(C)=O)CC2)ccc1Nc1cc2c(cn1)N(C)C(=O)c1scnc1N2C. The first kappa shape index (κ1) is 25.5.